The third-order valence-corrected chi connectivity index (χ3v) is 5.16. The van der Waals surface area contributed by atoms with Crippen molar-refractivity contribution in [2.75, 3.05) is 38.2 Å². The Balaban J connectivity index is 1.80. The zero-order valence-corrected chi connectivity index (χ0v) is 17.2. The van der Waals surface area contributed by atoms with Gasteiger partial charge in [0.15, 0.2) is 0 Å². The molecule has 2 aromatic rings. The van der Waals surface area contributed by atoms with E-state index in [1.807, 2.05) is 0 Å². The van der Waals surface area contributed by atoms with Crippen molar-refractivity contribution in [2.24, 2.45) is 0 Å². The molecular formula is C21H22ClN3O5. The minimum absolute atomic E-state index is 0.223. The van der Waals surface area contributed by atoms with Gasteiger partial charge in [0.25, 0.3) is 0 Å². The average Bonchev–Trinajstić information content (AvgIpc) is 2.77. The average molecular weight is 432 g/mol. The Bertz CT molecular complexity index is 909. The maximum absolute atomic E-state index is 13.3. The number of rotatable bonds is 4. The maximum Gasteiger partial charge on any atom is 0.407 e. The smallest absolute Gasteiger partial charge is 0.407 e. The van der Waals surface area contributed by atoms with Crippen LogP contribution in [0.2, 0.25) is 5.02 Å². The number of benzene rings is 2. The normalized spacial score (nSPS) is 13.7. The number of nitrogens with zero attached hydrogens (tertiary/aromatic N) is 3. The summed E-state index contributed by atoms with van der Waals surface area (Å²) in [5, 5.41) is 9.68. The number of carbonyl (C=O) groups is 3. The van der Waals surface area contributed by atoms with Crippen LogP contribution in [-0.2, 0) is 11.3 Å². The SMILES string of the molecule is COC(=O)c1ccc(CN(C(=O)N2CCN(C(=O)O)CC2)c2ccc(Cl)cc2)cc1. The minimum Gasteiger partial charge on any atom is -0.465 e. The standard InChI is InChI=1S/C21H22ClN3O5/c1-30-19(26)16-4-2-15(3-5-16)14-25(18-8-6-17(22)7-9-18)20(27)23-10-12-24(13-11-23)21(28)29/h2-9H,10-14H2,1H3,(H,28,29). The van der Waals surface area contributed by atoms with Crippen molar-refractivity contribution in [1.82, 2.24) is 9.80 Å². The Morgan fingerprint density at radius 1 is 0.967 bits per heavy atom. The number of ether oxygens (including phenoxy) is 1. The van der Waals surface area contributed by atoms with Gasteiger partial charge in [0.1, 0.15) is 0 Å². The van der Waals surface area contributed by atoms with Gasteiger partial charge in [-0.25, -0.2) is 14.4 Å². The first-order valence-corrected chi connectivity index (χ1v) is 9.74. The summed E-state index contributed by atoms with van der Waals surface area (Å²) in [6.07, 6.45) is -0.984. The number of halogens is 1. The first-order valence-electron chi connectivity index (χ1n) is 9.36. The molecule has 0 bridgehead atoms. The van der Waals surface area contributed by atoms with E-state index in [2.05, 4.69) is 0 Å². The van der Waals surface area contributed by atoms with Crippen LogP contribution in [0.25, 0.3) is 0 Å². The van der Waals surface area contributed by atoms with Crippen molar-refractivity contribution in [1.29, 1.82) is 0 Å². The van der Waals surface area contributed by atoms with Crippen molar-refractivity contribution in [3.63, 3.8) is 0 Å². The molecule has 1 aliphatic rings. The molecule has 0 unspecified atom stereocenters. The lowest BCUT2D eigenvalue weighted by atomic mass is 10.1. The Hall–Kier alpha value is -3.26. The van der Waals surface area contributed by atoms with E-state index in [1.165, 1.54) is 12.0 Å². The largest absolute Gasteiger partial charge is 0.465 e. The Kier molecular flexibility index (Phi) is 6.79. The lowest BCUT2D eigenvalue weighted by Crippen LogP contribution is -2.53. The van der Waals surface area contributed by atoms with Gasteiger partial charge in [-0.15, -0.1) is 0 Å². The molecule has 1 aliphatic heterocycles. The summed E-state index contributed by atoms with van der Waals surface area (Å²) < 4.78 is 4.71. The third kappa shape index (κ3) is 5.01. The number of urea groups is 1. The van der Waals surface area contributed by atoms with E-state index in [0.29, 0.717) is 29.4 Å². The fourth-order valence-corrected chi connectivity index (χ4v) is 3.32. The van der Waals surface area contributed by atoms with Crippen LogP contribution in [0.15, 0.2) is 48.5 Å². The summed E-state index contributed by atoms with van der Waals surface area (Å²) in [5.74, 6) is -0.427. The van der Waals surface area contributed by atoms with Gasteiger partial charge >= 0.3 is 18.1 Å². The number of carboxylic acid groups (broad SMARTS) is 1. The highest BCUT2D eigenvalue weighted by atomic mass is 35.5. The van der Waals surface area contributed by atoms with Crippen molar-refractivity contribution in [3.05, 3.63) is 64.7 Å². The molecule has 1 saturated heterocycles. The van der Waals surface area contributed by atoms with Crippen molar-refractivity contribution in [3.8, 4) is 0 Å². The Morgan fingerprint density at radius 2 is 1.53 bits per heavy atom. The second-order valence-corrected chi connectivity index (χ2v) is 7.23. The monoisotopic (exact) mass is 431 g/mol. The predicted octanol–water partition coefficient (Wildman–Crippen LogP) is 3.55. The molecule has 0 spiro atoms. The Morgan fingerprint density at radius 3 is 2.07 bits per heavy atom. The zero-order chi connectivity index (χ0) is 21.7. The van der Waals surface area contributed by atoms with Crippen LogP contribution in [0.4, 0.5) is 15.3 Å². The number of amides is 3. The molecule has 158 valence electrons. The second kappa shape index (κ2) is 9.49. The number of carbonyl (C=O) groups excluding carboxylic acids is 2. The summed E-state index contributed by atoms with van der Waals surface area (Å²) >= 11 is 5.99. The number of hydrogen-bond donors (Lipinski definition) is 1. The molecule has 1 N–H and O–H groups in total. The number of esters is 1. The highest BCUT2D eigenvalue weighted by molar-refractivity contribution is 6.30. The topological polar surface area (TPSA) is 90.4 Å². The fourth-order valence-electron chi connectivity index (χ4n) is 3.20. The molecule has 1 fully saturated rings. The number of hydrogen-bond acceptors (Lipinski definition) is 4. The molecule has 0 radical (unpaired) electrons. The molecule has 9 heteroatoms. The molecule has 8 nitrogen and oxygen atoms in total. The molecule has 0 atom stereocenters. The molecule has 0 aliphatic carbocycles. The molecule has 2 aromatic carbocycles. The highest BCUT2D eigenvalue weighted by Crippen LogP contribution is 2.23. The molecule has 30 heavy (non-hydrogen) atoms. The molecule has 3 rings (SSSR count). The molecular weight excluding hydrogens is 410 g/mol. The van der Waals surface area contributed by atoms with Crippen LogP contribution in [0.1, 0.15) is 15.9 Å². The van der Waals surface area contributed by atoms with Crippen LogP contribution in [-0.4, -0.2) is 66.3 Å². The van der Waals surface area contributed by atoms with Gasteiger partial charge in [-0.1, -0.05) is 23.7 Å². The van der Waals surface area contributed by atoms with E-state index in [9.17, 15) is 14.4 Å². The van der Waals surface area contributed by atoms with Crippen LogP contribution >= 0.6 is 11.6 Å². The summed E-state index contributed by atoms with van der Waals surface area (Å²) in [7, 11) is 1.32. The first-order chi connectivity index (χ1) is 14.4. The van der Waals surface area contributed by atoms with Crippen LogP contribution in [0, 0.1) is 0 Å². The highest BCUT2D eigenvalue weighted by Gasteiger charge is 2.28. The minimum atomic E-state index is -0.984. The van der Waals surface area contributed by atoms with Gasteiger partial charge in [-0.05, 0) is 42.0 Å². The summed E-state index contributed by atoms with van der Waals surface area (Å²) in [6.45, 7) is 1.45. The van der Waals surface area contributed by atoms with E-state index in [1.54, 1.807) is 58.3 Å². The van der Waals surface area contributed by atoms with Crippen LogP contribution in [0.3, 0.4) is 0 Å². The maximum atomic E-state index is 13.3. The zero-order valence-electron chi connectivity index (χ0n) is 16.5. The first kappa shape index (κ1) is 21.4. The van der Waals surface area contributed by atoms with Gasteiger partial charge in [-0.2, -0.15) is 0 Å². The molecule has 3 amide bonds. The lowest BCUT2D eigenvalue weighted by molar-refractivity contribution is 0.0600. The van der Waals surface area contributed by atoms with Gasteiger partial charge in [0.2, 0.25) is 0 Å². The lowest BCUT2D eigenvalue weighted by Gasteiger charge is -2.36. The second-order valence-electron chi connectivity index (χ2n) is 6.79. The molecule has 0 aromatic heterocycles. The molecule has 0 saturated carbocycles. The summed E-state index contributed by atoms with van der Waals surface area (Å²) in [5.41, 5.74) is 1.92. The predicted molar refractivity (Wildman–Crippen MR) is 112 cm³/mol. The third-order valence-electron chi connectivity index (χ3n) is 4.91. The van der Waals surface area contributed by atoms with Crippen LogP contribution in [0.5, 0.6) is 0 Å². The fraction of sp³-hybridized carbons (Fsp3) is 0.286. The van der Waals surface area contributed by atoms with E-state index in [4.69, 9.17) is 21.4 Å². The summed E-state index contributed by atoms with van der Waals surface area (Å²) in [4.78, 5) is 40.6. The van der Waals surface area contributed by atoms with Gasteiger partial charge in [0.05, 0.1) is 19.2 Å². The van der Waals surface area contributed by atoms with Gasteiger partial charge in [0, 0.05) is 36.9 Å². The van der Waals surface area contributed by atoms with Crippen molar-refractivity contribution in [2.45, 2.75) is 6.54 Å². The van der Waals surface area contributed by atoms with E-state index in [-0.39, 0.29) is 25.7 Å². The van der Waals surface area contributed by atoms with E-state index >= 15 is 0 Å². The Labute approximate surface area is 179 Å². The number of methoxy groups -OCH3 is 1. The van der Waals surface area contributed by atoms with E-state index in [0.717, 1.165) is 5.56 Å². The van der Waals surface area contributed by atoms with Gasteiger partial charge < -0.3 is 19.6 Å². The quantitative estimate of drug-likeness (QED) is 0.747. The summed E-state index contributed by atoms with van der Waals surface area (Å²) in [6, 6.07) is 13.6. The van der Waals surface area contributed by atoms with Crippen molar-refractivity contribution < 1.29 is 24.2 Å². The molecule has 1 heterocycles. The van der Waals surface area contributed by atoms with Crippen LogP contribution < -0.4 is 4.90 Å². The van der Waals surface area contributed by atoms with Crippen molar-refractivity contribution >= 4 is 35.4 Å². The number of piperazine rings is 1. The van der Waals surface area contributed by atoms with E-state index < -0.39 is 12.1 Å². The van der Waals surface area contributed by atoms with Gasteiger partial charge in [-0.3, -0.25) is 4.90 Å². The number of anilines is 1.